The second-order valence-corrected chi connectivity index (χ2v) is 4.77. The number of benzene rings is 1. The molecule has 0 atom stereocenters. The van der Waals surface area contributed by atoms with Crippen LogP contribution in [0.5, 0.6) is 0 Å². The maximum Gasteiger partial charge on any atom is 0.303 e. The molecule has 6 heteroatoms. The van der Waals surface area contributed by atoms with Crippen molar-refractivity contribution in [3.63, 3.8) is 0 Å². The van der Waals surface area contributed by atoms with Crippen LogP contribution in [0.1, 0.15) is 6.92 Å². The minimum Gasteiger partial charge on any atom is -0.453 e. The molecule has 1 heterocycles. The lowest BCUT2D eigenvalue weighted by molar-refractivity contribution is -0.139. The summed E-state index contributed by atoms with van der Waals surface area (Å²) in [4.78, 5) is 29.4. The number of ether oxygens (including phenoxy) is 1. The van der Waals surface area contributed by atoms with Gasteiger partial charge in [0.2, 0.25) is 0 Å². The Morgan fingerprint density at radius 1 is 1.40 bits per heavy atom. The third-order valence-electron chi connectivity index (χ3n) is 2.34. The number of nitrogens with one attached hydrogen (secondary N) is 1. The number of thioether (sulfide) groups is 1. The lowest BCUT2D eigenvalue weighted by Crippen LogP contribution is -2.08. The van der Waals surface area contributed by atoms with E-state index in [9.17, 15) is 9.59 Å². The van der Waals surface area contributed by atoms with E-state index in [1.807, 2.05) is 6.07 Å². The van der Waals surface area contributed by atoms with Crippen molar-refractivity contribution in [2.24, 2.45) is 0 Å². The molecule has 5 nitrogen and oxygen atoms in total. The van der Waals surface area contributed by atoms with Gasteiger partial charge < -0.3 is 9.72 Å². The molecule has 1 N–H and O–H groups in total. The number of carbonyl (C=O) groups is 1. The molecule has 0 spiro atoms. The number of H-pyrrole nitrogens is 1. The van der Waals surface area contributed by atoms with Crippen LogP contribution in [0, 0.1) is 11.8 Å². The van der Waals surface area contributed by atoms with Crippen molar-refractivity contribution in [1.29, 1.82) is 0 Å². The summed E-state index contributed by atoms with van der Waals surface area (Å²) in [6.07, 6.45) is 0. The van der Waals surface area contributed by atoms with Crippen molar-refractivity contribution in [3.8, 4) is 11.8 Å². The minimum atomic E-state index is -0.354. The summed E-state index contributed by atoms with van der Waals surface area (Å²) in [5.41, 5.74) is 0.498. The molecule has 0 aliphatic carbocycles. The molecule has 2 aromatic rings. The smallest absolute Gasteiger partial charge is 0.303 e. The summed E-state index contributed by atoms with van der Waals surface area (Å²) in [6, 6.07) is 7.16. The average Bonchev–Trinajstić information content (AvgIpc) is 2.42. The first-order valence-corrected chi connectivity index (χ1v) is 6.86. The van der Waals surface area contributed by atoms with E-state index in [1.165, 1.54) is 18.7 Å². The Bertz CT molecular complexity index is 743. The molecule has 0 unspecified atom stereocenters. The SMILES string of the molecule is CC(=O)OCC#CCSc1nc2ccccc2c(=O)[nH]1. The predicted octanol–water partition coefficient (Wildman–Crippen LogP) is 1.58. The Morgan fingerprint density at radius 3 is 3.00 bits per heavy atom. The molecular formula is C14H12N2O3S. The Balaban J connectivity index is 2.00. The van der Waals surface area contributed by atoms with E-state index in [4.69, 9.17) is 0 Å². The molecule has 1 aromatic heterocycles. The quantitative estimate of drug-likeness (QED) is 0.402. The van der Waals surface area contributed by atoms with Gasteiger partial charge in [-0.25, -0.2) is 4.98 Å². The molecular weight excluding hydrogens is 276 g/mol. The molecule has 0 radical (unpaired) electrons. The lowest BCUT2D eigenvalue weighted by atomic mass is 10.2. The van der Waals surface area contributed by atoms with Gasteiger partial charge in [0, 0.05) is 6.92 Å². The van der Waals surface area contributed by atoms with E-state index in [2.05, 4.69) is 26.5 Å². The van der Waals surface area contributed by atoms with Crippen LogP contribution in [-0.2, 0) is 9.53 Å². The number of nitrogens with zero attached hydrogens (tertiary/aromatic N) is 1. The fourth-order valence-electron chi connectivity index (χ4n) is 1.48. The van der Waals surface area contributed by atoms with Gasteiger partial charge in [0.15, 0.2) is 11.8 Å². The number of aromatic amines is 1. The number of aromatic nitrogens is 2. The summed E-state index contributed by atoms with van der Waals surface area (Å²) in [5, 5.41) is 1.09. The van der Waals surface area contributed by atoms with Gasteiger partial charge >= 0.3 is 5.97 Å². The Hall–Kier alpha value is -2.26. The molecule has 0 saturated carbocycles. The van der Waals surface area contributed by atoms with Gasteiger partial charge in [-0.1, -0.05) is 35.7 Å². The zero-order valence-corrected chi connectivity index (χ0v) is 11.6. The molecule has 0 fully saturated rings. The predicted molar refractivity (Wildman–Crippen MR) is 77.5 cm³/mol. The Labute approximate surface area is 119 Å². The summed E-state index contributed by atoms with van der Waals surface area (Å²) in [5.74, 6) is 5.64. The maximum absolute atomic E-state index is 11.8. The van der Waals surface area contributed by atoms with Gasteiger partial charge in [0.25, 0.3) is 5.56 Å². The molecule has 0 aliphatic heterocycles. The number of fused-ring (bicyclic) bond motifs is 1. The van der Waals surface area contributed by atoms with Crippen molar-refractivity contribution in [2.45, 2.75) is 12.1 Å². The first-order chi connectivity index (χ1) is 9.66. The number of para-hydroxylation sites is 1. The van der Waals surface area contributed by atoms with E-state index < -0.39 is 0 Å². The maximum atomic E-state index is 11.8. The van der Waals surface area contributed by atoms with Crippen LogP contribution in [0.15, 0.2) is 34.2 Å². The number of esters is 1. The van der Waals surface area contributed by atoms with Crippen molar-refractivity contribution in [2.75, 3.05) is 12.4 Å². The van der Waals surface area contributed by atoms with Crippen molar-refractivity contribution in [1.82, 2.24) is 9.97 Å². The third kappa shape index (κ3) is 3.87. The van der Waals surface area contributed by atoms with Crippen molar-refractivity contribution in [3.05, 3.63) is 34.6 Å². The average molecular weight is 288 g/mol. The van der Waals surface area contributed by atoms with E-state index in [0.29, 0.717) is 21.8 Å². The highest BCUT2D eigenvalue weighted by Crippen LogP contribution is 2.13. The molecule has 0 aliphatic rings. The zero-order chi connectivity index (χ0) is 14.4. The summed E-state index contributed by atoms with van der Waals surface area (Å²) in [7, 11) is 0. The van der Waals surface area contributed by atoms with E-state index >= 15 is 0 Å². The van der Waals surface area contributed by atoms with E-state index in [1.54, 1.807) is 18.2 Å². The molecule has 0 saturated heterocycles. The fourth-order valence-corrected chi connectivity index (χ4v) is 2.12. The summed E-state index contributed by atoms with van der Waals surface area (Å²) in [6.45, 7) is 1.41. The van der Waals surface area contributed by atoms with Crippen LogP contribution in [-0.4, -0.2) is 28.3 Å². The van der Waals surface area contributed by atoms with Gasteiger partial charge in [-0.2, -0.15) is 0 Å². The van der Waals surface area contributed by atoms with E-state index in [0.717, 1.165) is 0 Å². The number of rotatable bonds is 3. The normalized spacial score (nSPS) is 9.85. The minimum absolute atomic E-state index is 0.0809. The molecule has 20 heavy (non-hydrogen) atoms. The Kier molecular flexibility index (Phi) is 4.80. The molecule has 1 aromatic carbocycles. The molecule has 102 valence electrons. The second-order valence-electron chi connectivity index (χ2n) is 3.81. The summed E-state index contributed by atoms with van der Waals surface area (Å²) >= 11 is 1.33. The van der Waals surface area contributed by atoms with Crippen LogP contribution < -0.4 is 5.56 Å². The van der Waals surface area contributed by atoms with Crippen molar-refractivity contribution >= 4 is 28.6 Å². The lowest BCUT2D eigenvalue weighted by Gasteiger charge is -1.99. The number of hydrogen-bond acceptors (Lipinski definition) is 5. The molecule has 0 amide bonds. The fraction of sp³-hybridized carbons (Fsp3) is 0.214. The van der Waals surface area contributed by atoms with Crippen LogP contribution >= 0.6 is 11.8 Å². The number of carbonyl (C=O) groups excluding carboxylic acids is 1. The zero-order valence-electron chi connectivity index (χ0n) is 10.8. The third-order valence-corrected chi connectivity index (χ3v) is 3.10. The van der Waals surface area contributed by atoms with Crippen LogP contribution in [0.25, 0.3) is 10.9 Å². The highest BCUT2D eigenvalue weighted by atomic mass is 32.2. The van der Waals surface area contributed by atoms with Crippen LogP contribution in [0.2, 0.25) is 0 Å². The summed E-state index contributed by atoms with van der Waals surface area (Å²) < 4.78 is 4.68. The molecule has 2 rings (SSSR count). The van der Waals surface area contributed by atoms with Gasteiger partial charge in [-0.3, -0.25) is 9.59 Å². The monoisotopic (exact) mass is 288 g/mol. The highest BCUT2D eigenvalue weighted by molar-refractivity contribution is 7.99. The topological polar surface area (TPSA) is 72.0 Å². The first kappa shape index (κ1) is 14.2. The van der Waals surface area contributed by atoms with Gasteiger partial charge in [0.05, 0.1) is 16.7 Å². The van der Waals surface area contributed by atoms with Gasteiger partial charge in [-0.15, -0.1) is 0 Å². The van der Waals surface area contributed by atoms with Crippen LogP contribution in [0.4, 0.5) is 0 Å². The molecule has 0 bridgehead atoms. The first-order valence-electron chi connectivity index (χ1n) is 5.88. The number of hydrogen-bond donors (Lipinski definition) is 1. The largest absolute Gasteiger partial charge is 0.453 e. The van der Waals surface area contributed by atoms with E-state index in [-0.39, 0.29) is 18.1 Å². The van der Waals surface area contributed by atoms with Gasteiger partial charge in [0.1, 0.15) is 0 Å². The highest BCUT2D eigenvalue weighted by Gasteiger charge is 2.02. The Morgan fingerprint density at radius 2 is 2.20 bits per heavy atom. The standard InChI is InChI=1S/C14H12N2O3S/c1-10(17)19-8-4-5-9-20-14-15-12-7-3-2-6-11(12)13(18)16-14/h2-3,6-7H,8-9H2,1H3,(H,15,16,18). The van der Waals surface area contributed by atoms with Gasteiger partial charge in [-0.05, 0) is 12.1 Å². The van der Waals surface area contributed by atoms with Crippen LogP contribution in [0.3, 0.4) is 0 Å². The second kappa shape index (κ2) is 6.78. The van der Waals surface area contributed by atoms with Crippen molar-refractivity contribution < 1.29 is 9.53 Å².